The number of carbonyl (C=O) groups is 1. The van der Waals surface area contributed by atoms with Gasteiger partial charge in [0.15, 0.2) is 0 Å². The van der Waals surface area contributed by atoms with E-state index in [1.807, 2.05) is 0 Å². The van der Waals surface area contributed by atoms with Crippen LogP contribution in [0.2, 0.25) is 0 Å². The van der Waals surface area contributed by atoms with Crippen LogP contribution >= 0.6 is 0 Å². The van der Waals surface area contributed by atoms with Gasteiger partial charge in [-0.3, -0.25) is 0 Å². The lowest BCUT2D eigenvalue weighted by molar-refractivity contribution is -0.884. The molecule has 0 radical (unpaired) electrons. The molecule has 0 N–H and O–H groups in total. The van der Waals surface area contributed by atoms with Crippen LogP contribution < -0.4 is 5.11 Å². The van der Waals surface area contributed by atoms with Gasteiger partial charge >= 0.3 is 35.1 Å². The fraction of sp³-hybridized carbons (Fsp3) is 0.947. The maximum Gasteiger partial charge on any atom is 0.460 e. The topological polar surface area (TPSA) is 77.5 Å². The average Bonchev–Trinajstić information content (AvgIpc) is 2.72. The molecule has 39 heavy (non-hydrogen) atoms. The van der Waals surface area contributed by atoms with E-state index in [0.717, 1.165) is 0 Å². The fourth-order valence-electron chi connectivity index (χ4n) is 3.25. The molecule has 0 bridgehead atoms. The number of unbranched alkanes of at least 4 members (excludes halogenated alkanes) is 3. The Bertz CT molecular complexity index is 938. The summed E-state index contributed by atoms with van der Waals surface area (Å²) in [6, 6.07) is 0. The van der Waals surface area contributed by atoms with Gasteiger partial charge in [0, 0.05) is 19.5 Å². The Morgan fingerprint density at radius 3 is 1.56 bits per heavy atom. The van der Waals surface area contributed by atoms with Gasteiger partial charge in [0.05, 0.1) is 26.6 Å². The molecule has 0 saturated carbocycles. The molecule has 0 aliphatic rings. The largest absolute Gasteiger partial charge is 0.544 e. The number of carboxylic acid groups (broad SMARTS) is 1. The first-order chi connectivity index (χ1) is 17.1. The van der Waals surface area contributed by atoms with Crippen molar-refractivity contribution in [2.24, 2.45) is 0 Å². The lowest BCUT2D eigenvalue weighted by Gasteiger charge is -2.40. The Morgan fingerprint density at radius 1 is 0.718 bits per heavy atom. The highest BCUT2D eigenvalue weighted by Gasteiger charge is 2.92. The Morgan fingerprint density at radius 2 is 1.15 bits per heavy atom. The van der Waals surface area contributed by atoms with Crippen LogP contribution in [0.1, 0.15) is 39.0 Å². The lowest BCUT2D eigenvalue weighted by atomic mass is 9.98. The number of sulfonamides is 1. The SMILES string of the molecule is CCCCCCN(CCC[N+](C)(C)CC(=O)[O-])S(=O)(=O)C(F)(F)C(F)(F)C(F)(F)C(F)(F)C(F)(F)C(F)(F)F. The number of quaternary nitrogens is 1. The number of hydrogen-bond donors (Lipinski definition) is 0. The summed E-state index contributed by atoms with van der Waals surface area (Å²) >= 11 is 0. The highest BCUT2D eigenvalue weighted by molar-refractivity contribution is 7.90. The van der Waals surface area contributed by atoms with Crippen molar-refractivity contribution in [2.45, 2.75) is 74.1 Å². The van der Waals surface area contributed by atoms with Gasteiger partial charge < -0.3 is 14.4 Å². The molecule has 0 amide bonds. The predicted molar refractivity (Wildman–Crippen MR) is 107 cm³/mol. The van der Waals surface area contributed by atoms with E-state index in [1.165, 1.54) is 14.1 Å². The molecule has 0 aliphatic carbocycles. The molecule has 0 aliphatic heterocycles. The number of carboxylic acids is 1. The van der Waals surface area contributed by atoms with E-state index in [4.69, 9.17) is 0 Å². The van der Waals surface area contributed by atoms with Gasteiger partial charge in [-0.25, -0.2) is 8.42 Å². The second kappa shape index (κ2) is 12.1. The number of nitrogens with zero attached hydrogens (tertiary/aromatic N) is 2. The Hall–Kier alpha value is -1.57. The van der Waals surface area contributed by atoms with Crippen LogP contribution in [0.4, 0.5) is 57.1 Å². The molecule has 0 unspecified atom stereocenters. The molecule has 0 heterocycles. The standard InChI is InChI=1S/C19H27F13N2O4S/c1-4-5-6-7-9-33(10-8-11-34(2,3)12-13(35)36)39(37,38)19(31,32)17(26,27)15(22,23)14(20,21)16(24,25)18(28,29)30/h4-12H2,1-3H3. The first-order valence-corrected chi connectivity index (χ1v) is 12.5. The van der Waals surface area contributed by atoms with E-state index in [2.05, 4.69) is 0 Å². The van der Waals surface area contributed by atoms with Gasteiger partial charge in [-0.1, -0.05) is 26.2 Å². The number of hydrogen-bond acceptors (Lipinski definition) is 4. The first-order valence-electron chi connectivity index (χ1n) is 11.1. The van der Waals surface area contributed by atoms with E-state index in [9.17, 15) is 75.4 Å². The summed E-state index contributed by atoms with van der Waals surface area (Å²) in [6.07, 6.45) is -7.68. The monoisotopic (exact) mass is 626 g/mol. The number of likely N-dealkylation sites (N-methyl/N-ethyl adjacent to an activating group) is 1. The summed E-state index contributed by atoms with van der Waals surface area (Å²) in [7, 11) is -4.66. The molecule has 0 atom stereocenters. The highest BCUT2D eigenvalue weighted by atomic mass is 32.2. The minimum absolute atomic E-state index is 0.0722. The van der Waals surface area contributed by atoms with Crippen molar-refractivity contribution in [1.82, 2.24) is 4.31 Å². The second-order valence-electron chi connectivity index (χ2n) is 9.32. The van der Waals surface area contributed by atoms with Crippen LogP contribution in [-0.2, 0) is 14.8 Å². The van der Waals surface area contributed by atoms with E-state index >= 15 is 0 Å². The summed E-state index contributed by atoms with van der Waals surface area (Å²) in [5.41, 5.74) is 0. The Labute approximate surface area is 215 Å². The molecular formula is C19H27F13N2O4S. The van der Waals surface area contributed by atoms with Crippen molar-refractivity contribution in [2.75, 3.05) is 40.3 Å². The van der Waals surface area contributed by atoms with Crippen LogP contribution in [0.25, 0.3) is 0 Å². The summed E-state index contributed by atoms with van der Waals surface area (Å²) in [6.45, 7) is -1.69. The van der Waals surface area contributed by atoms with Gasteiger partial charge in [0.2, 0.25) is 0 Å². The molecule has 0 aromatic carbocycles. The predicted octanol–water partition coefficient (Wildman–Crippen LogP) is 4.11. The van der Waals surface area contributed by atoms with Crippen LogP contribution in [0, 0.1) is 0 Å². The minimum Gasteiger partial charge on any atom is -0.544 e. The van der Waals surface area contributed by atoms with Crippen LogP contribution in [0.3, 0.4) is 0 Å². The van der Waals surface area contributed by atoms with Gasteiger partial charge in [-0.15, -0.1) is 0 Å². The van der Waals surface area contributed by atoms with Crippen molar-refractivity contribution < 1.29 is 79.9 Å². The van der Waals surface area contributed by atoms with E-state index in [1.54, 1.807) is 6.92 Å². The molecule has 6 nitrogen and oxygen atoms in total. The number of carbonyl (C=O) groups excluding carboxylic acids is 1. The van der Waals surface area contributed by atoms with E-state index < -0.39 is 86.0 Å². The zero-order valence-corrected chi connectivity index (χ0v) is 21.5. The Kier molecular flexibility index (Phi) is 11.6. The van der Waals surface area contributed by atoms with Gasteiger partial charge in [0.25, 0.3) is 10.0 Å². The molecule has 0 aromatic heterocycles. The molecular weight excluding hydrogens is 599 g/mol. The van der Waals surface area contributed by atoms with Crippen LogP contribution in [0.15, 0.2) is 0 Å². The van der Waals surface area contributed by atoms with Crippen molar-refractivity contribution in [1.29, 1.82) is 0 Å². The van der Waals surface area contributed by atoms with Gasteiger partial charge in [-0.05, 0) is 6.42 Å². The van der Waals surface area contributed by atoms with Crippen molar-refractivity contribution in [3.05, 3.63) is 0 Å². The first kappa shape index (κ1) is 37.4. The van der Waals surface area contributed by atoms with E-state index in [0.29, 0.717) is 12.8 Å². The van der Waals surface area contributed by atoms with Crippen molar-refractivity contribution >= 4 is 16.0 Å². The zero-order valence-electron chi connectivity index (χ0n) is 20.7. The van der Waals surface area contributed by atoms with Crippen LogP contribution in [0.5, 0.6) is 0 Å². The zero-order chi connectivity index (χ0) is 31.5. The molecule has 0 spiro atoms. The lowest BCUT2D eigenvalue weighted by Crippen LogP contribution is -2.71. The average molecular weight is 626 g/mol. The quantitative estimate of drug-likeness (QED) is 0.138. The summed E-state index contributed by atoms with van der Waals surface area (Å²) in [4.78, 5) is 10.8. The maximum atomic E-state index is 14.5. The number of halogens is 13. The van der Waals surface area contributed by atoms with Crippen molar-refractivity contribution in [3.8, 4) is 0 Å². The number of aliphatic carboxylic acids is 1. The fourth-order valence-corrected chi connectivity index (χ4v) is 4.77. The van der Waals surface area contributed by atoms with Gasteiger partial charge in [0.1, 0.15) is 6.54 Å². The third-order valence-electron chi connectivity index (χ3n) is 5.56. The number of alkyl halides is 13. The molecule has 0 fully saturated rings. The normalized spacial score (nSPS) is 15.2. The summed E-state index contributed by atoms with van der Waals surface area (Å²) in [5, 5.41) is 3.44. The number of rotatable bonds is 17. The smallest absolute Gasteiger partial charge is 0.460 e. The third kappa shape index (κ3) is 7.39. The minimum atomic E-state index is -8.24. The molecule has 0 rings (SSSR count). The Balaban J connectivity index is 6.50. The maximum absolute atomic E-state index is 14.5. The van der Waals surface area contributed by atoms with Crippen LogP contribution in [-0.4, -0.2) is 98.6 Å². The highest BCUT2D eigenvalue weighted by Crippen LogP contribution is 2.61. The van der Waals surface area contributed by atoms with Gasteiger partial charge in [-0.2, -0.15) is 61.4 Å². The van der Waals surface area contributed by atoms with Crippen molar-refractivity contribution in [3.63, 3.8) is 0 Å². The van der Waals surface area contributed by atoms with E-state index in [-0.39, 0.29) is 19.4 Å². The summed E-state index contributed by atoms with van der Waals surface area (Å²) < 4.78 is 199. The molecule has 20 heteroatoms. The second-order valence-corrected chi connectivity index (χ2v) is 11.3. The molecule has 0 aromatic rings. The summed E-state index contributed by atoms with van der Waals surface area (Å²) in [5.74, 6) is -34.0. The molecule has 234 valence electrons. The molecule has 0 saturated heterocycles. The third-order valence-corrected chi connectivity index (χ3v) is 7.51.